The Morgan fingerprint density at radius 1 is 0.968 bits per heavy atom. The standard InChI is InChI=1S/C23H25B4FN2O/c1-14(2)30(15(3)4)23(26,27)22(24,25)18-12-29-19-6-5-7-20(21(18)19)31-13-16-8-10-17(28)11-9-16/h5-12,14-15,29H,13H2,1-4H3. The third-order valence-corrected chi connectivity index (χ3v) is 5.62. The van der Waals surface area contributed by atoms with Gasteiger partial charge in [0.2, 0.25) is 0 Å². The van der Waals surface area contributed by atoms with Crippen molar-refractivity contribution in [3.8, 4) is 5.75 Å². The number of halogens is 1. The Hall–Kier alpha value is -2.07. The van der Waals surface area contributed by atoms with Gasteiger partial charge >= 0.3 is 0 Å². The van der Waals surface area contributed by atoms with Crippen LogP contribution in [-0.2, 0) is 11.8 Å². The number of rotatable bonds is 8. The molecule has 0 spiro atoms. The van der Waals surface area contributed by atoms with Crippen LogP contribution in [-0.4, -0.2) is 58.7 Å². The lowest BCUT2D eigenvalue weighted by atomic mass is 9.31. The third-order valence-electron chi connectivity index (χ3n) is 5.62. The van der Waals surface area contributed by atoms with Crippen molar-refractivity contribution in [1.29, 1.82) is 0 Å². The van der Waals surface area contributed by atoms with Crippen LogP contribution in [0.5, 0.6) is 5.75 Å². The summed E-state index contributed by atoms with van der Waals surface area (Å²) >= 11 is 0. The molecule has 31 heavy (non-hydrogen) atoms. The molecule has 8 radical (unpaired) electrons. The number of aromatic nitrogens is 1. The Morgan fingerprint density at radius 3 is 2.16 bits per heavy atom. The highest BCUT2D eigenvalue weighted by Gasteiger charge is 2.43. The Morgan fingerprint density at radius 2 is 1.58 bits per heavy atom. The zero-order valence-corrected chi connectivity index (χ0v) is 18.5. The highest BCUT2D eigenvalue weighted by molar-refractivity contribution is 6.54. The molecule has 0 amide bonds. The van der Waals surface area contributed by atoms with Crippen LogP contribution in [0.15, 0.2) is 48.7 Å². The van der Waals surface area contributed by atoms with Crippen LogP contribution in [0, 0.1) is 5.82 Å². The third kappa shape index (κ3) is 4.45. The zero-order valence-electron chi connectivity index (χ0n) is 18.5. The van der Waals surface area contributed by atoms with E-state index < -0.39 is 10.6 Å². The summed E-state index contributed by atoms with van der Waals surface area (Å²) < 4.78 is 19.2. The van der Waals surface area contributed by atoms with E-state index in [1.807, 2.05) is 50.8 Å². The van der Waals surface area contributed by atoms with Gasteiger partial charge in [-0.15, -0.1) is 0 Å². The van der Waals surface area contributed by atoms with Crippen molar-refractivity contribution in [2.75, 3.05) is 0 Å². The van der Waals surface area contributed by atoms with Gasteiger partial charge in [0, 0.05) is 29.2 Å². The van der Waals surface area contributed by atoms with Crippen molar-refractivity contribution >= 4 is 42.3 Å². The minimum atomic E-state index is -1.60. The van der Waals surface area contributed by atoms with E-state index in [1.165, 1.54) is 12.1 Å². The summed E-state index contributed by atoms with van der Waals surface area (Å²) in [7, 11) is 26.6. The molecule has 0 saturated carbocycles. The average molecular weight is 408 g/mol. The zero-order chi connectivity index (χ0) is 23.0. The number of nitrogens with one attached hydrogen (secondary N) is 1. The predicted octanol–water partition coefficient (Wildman–Crippen LogP) is 3.49. The molecular formula is C23H25B4FN2O. The molecule has 2 aromatic carbocycles. The predicted molar refractivity (Wildman–Crippen MR) is 129 cm³/mol. The van der Waals surface area contributed by atoms with Crippen LogP contribution >= 0.6 is 0 Å². The molecule has 0 aliphatic rings. The SMILES string of the molecule is [B]C([B])(c1c[nH]c2cccc(OCc3ccc(F)cc3)c12)C([B])([B])N(C(C)C)C(C)C. The lowest BCUT2D eigenvalue weighted by Gasteiger charge is -2.55. The maximum atomic E-state index is 13.2. The first-order valence-corrected chi connectivity index (χ1v) is 10.4. The maximum absolute atomic E-state index is 13.2. The summed E-state index contributed by atoms with van der Waals surface area (Å²) in [6.07, 6.45) is 1.72. The number of aromatic amines is 1. The van der Waals surface area contributed by atoms with E-state index >= 15 is 0 Å². The summed E-state index contributed by atoms with van der Waals surface area (Å²) in [5.41, 5.74) is 2.18. The molecule has 3 nitrogen and oxygen atoms in total. The van der Waals surface area contributed by atoms with Crippen molar-refractivity contribution in [2.45, 2.75) is 56.9 Å². The fourth-order valence-corrected chi connectivity index (χ4v) is 4.22. The average Bonchev–Trinajstić information content (AvgIpc) is 3.12. The van der Waals surface area contributed by atoms with Gasteiger partial charge in [-0.2, -0.15) is 0 Å². The monoisotopic (exact) mass is 408 g/mol. The fourth-order valence-electron chi connectivity index (χ4n) is 4.22. The second-order valence-corrected chi connectivity index (χ2v) is 8.59. The molecule has 1 aromatic heterocycles. The van der Waals surface area contributed by atoms with Crippen LogP contribution in [0.1, 0.15) is 38.8 Å². The van der Waals surface area contributed by atoms with Crippen LogP contribution in [0.25, 0.3) is 10.9 Å². The molecule has 0 unspecified atom stereocenters. The Balaban J connectivity index is 2.03. The van der Waals surface area contributed by atoms with Crippen molar-refractivity contribution in [3.05, 3.63) is 65.6 Å². The van der Waals surface area contributed by atoms with Gasteiger partial charge in [-0.25, -0.2) is 4.39 Å². The molecule has 8 heteroatoms. The molecular weight excluding hydrogens is 383 g/mol. The molecule has 0 saturated heterocycles. The van der Waals surface area contributed by atoms with E-state index in [0.29, 0.717) is 16.7 Å². The number of hydrogen-bond acceptors (Lipinski definition) is 2. The van der Waals surface area contributed by atoms with Crippen LogP contribution in [0.2, 0.25) is 0 Å². The lowest BCUT2D eigenvalue weighted by molar-refractivity contribution is 0.121. The highest BCUT2D eigenvalue weighted by Crippen LogP contribution is 2.40. The molecule has 0 aliphatic heterocycles. The Labute approximate surface area is 189 Å². The topological polar surface area (TPSA) is 28.3 Å². The fraction of sp³-hybridized carbons (Fsp3) is 0.391. The van der Waals surface area contributed by atoms with Gasteiger partial charge in [0.15, 0.2) is 0 Å². The minimum Gasteiger partial charge on any atom is -0.488 e. The molecule has 1 heterocycles. The first-order chi connectivity index (χ1) is 14.5. The molecule has 0 atom stereocenters. The van der Waals surface area contributed by atoms with Crippen LogP contribution < -0.4 is 4.74 Å². The number of ether oxygens (including phenoxy) is 1. The van der Waals surface area contributed by atoms with E-state index in [2.05, 4.69) is 4.98 Å². The molecule has 3 rings (SSSR count). The first-order valence-electron chi connectivity index (χ1n) is 10.4. The van der Waals surface area contributed by atoms with E-state index in [4.69, 9.17) is 36.1 Å². The number of hydrogen-bond donors (Lipinski definition) is 1. The van der Waals surface area contributed by atoms with Gasteiger partial charge in [-0.3, -0.25) is 0 Å². The molecule has 0 bridgehead atoms. The van der Waals surface area contributed by atoms with Gasteiger partial charge in [-0.1, -0.05) is 28.8 Å². The number of H-pyrrole nitrogens is 1. The van der Waals surface area contributed by atoms with Crippen molar-refractivity contribution < 1.29 is 9.13 Å². The summed E-state index contributed by atoms with van der Waals surface area (Å²) in [5, 5.41) is -2.44. The van der Waals surface area contributed by atoms with E-state index in [9.17, 15) is 4.39 Å². The minimum absolute atomic E-state index is 0.0147. The Kier molecular flexibility index (Phi) is 6.71. The normalized spacial score (nSPS) is 12.9. The lowest BCUT2D eigenvalue weighted by Crippen LogP contribution is -2.68. The number of benzene rings is 2. The molecule has 3 aromatic rings. The second-order valence-electron chi connectivity index (χ2n) is 8.59. The first kappa shape index (κ1) is 23.6. The van der Waals surface area contributed by atoms with Gasteiger partial charge < -0.3 is 14.6 Å². The van der Waals surface area contributed by atoms with Crippen molar-refractivity contribution in [2.24, 2.45) is 0 Å². The largest absolute Gasteiger partial charge is 0.488 e. The molecule has 0 fully saturated rings. The molecule has 152 valence electrons. The van der Waals surface area contributed by atoms with E-state index in [-0.39, 0.29) is 24.5 Å². The number of fused-ring (bicyclic) bond motifs is 1. The van der Waals surface area contributed by atoms with E-state index in [0.717, 1.165) is 11.1 Å². The summed E-state index contributed by atoms with van der Waals surface area (Å²) in [6.45, 7) is 8.24. The van der Waals surface area contributed by atoms with E-state index in [1.54, 1.807) is 18.3 Å². The van der Waals surface area contributed by atoms with Gasteiger partial charge in [0.05, 0.1) is 31.4 Å². The van der Waals surface area contributed by atoms with Gasteiger partial charge in [0.1, 0.15) is 18.2 Å². The van der Waals surface area contributed by atoms with Gasteiger partial charge in [-0.05, 0) is 63.1 Å². The Bertz CT molecular complexity index is 1020. The quantitative estimate of drug-likeness (QED) is 0.579. The van der Waals surface area contributed by atoms with Crippen molar-refractivity contribution in [1.82, 2.24) is 9.88 Å². The highest BCUT2D eigenvalue weighted by atomic mass is 19.1. The van der Waals surface area contributed by atoms with Gasteiger partial charge in [0.25, 0.3) is 0 Å². The number of nitrogens with zero attached hydrogens (tertiary/aromatic N) is 1. The van der Waals surface area contributed by atoms with Crippen molar-refractivity contribution in [3.63, 3.8) is 0 Å². The molecule has 1 N–H and O–H groups in total. The van der Waals surface area contributed by atoms with Crippen LogP contribution in [0.3, 0.4) is 0 Å². The summed E-state index contributed by atoms with van der Waals surface area (Å²) in [4.78, 5) is 5.09. The summed E-state index contributed by atoms with van der Waals surface area (Å²) in [5.74, 6) is 0.284. The maximum Gasteiger partial charge on any atom is 0.129 e. The summed E-state index contributed by atoms with van der Waals surface area (Å²) in [6, 6.07) is 11.8. The van der Waals surface area contributed by atoms with Crippen LogP contribution in [0.4, 0.5) is 4.39 Å². The molecule has 0 aliphatic carbocycles. The smallest absolute Gasteiger partial charge is 0.129 e. The second kappa shape index (κ2) is 8.82.